The molecule has 0 atom stereocenters. The average Bonchev–Trinajstić information content (AvgIpc) is 3.12. The summed E-state index contributed by atoms with van der Waals surface area (Å²) >= 11 is 6.07. The number of carbonyl (C=O) groups excluding carboxylic acids is 2. The standard InChI is InChI=1S/C23H24ClN5O2/c1-15-20(23(31)27-28-13-3-2-4-14-28)26-29(19-11-7-17(8-12-19)22(25)30)21(15)16-5-9-18(24)10-6-16/h5-12H,2-4,13-14H2,1H3,(H2,25,30)(H,27,31). The van der Waals surface area contributed by atoms with Gasteiger partial charge in [0.25, 0.3) is 5.91 Å². The summed E-state index contributed by atoms with van der Waals surface area (Å²) in [7, 11) is 0. The number of rotatable bonds is 5. The summed E-state index contributed by atoms with van der Waals surface area (Å²) in [6.07, 6.45) is 3.31. The molecule has 1 saturated heterocycles. The lowest BCUT2D eigenvalue weighted by molar-refractivity contribution is 0.0743. The zero-order valence-corrected chi connectivity index (χ0v) is 18.0. The first-order valence-electron chi connectivity index (χ1n) is 10.3. The molecule has 0 radical (unpaired) electrons. The quantitative estimate of drug-likeness (QED) is 0.636. The van der Waals surface area contributed by atoms with Crippen molar-refractivity contribution in [2.75, 3.05) is 13.1 Å². The lowest BCUT2D eigenvalue weighted by Crippen LogP contribution is -2.45. The maximum atomic E-state index is 13.0. The predicted octanol–water partition coefficient (Wildman–Crippen LogP) is 3.73. The van der Waals surface area contributed by atoms with Gasteiger partial charge in [0.15, 0.2) is 5.69 Å². The number of nitrogens with two attached hydrogens (primary N) is 1. The van der Waals surface area contributed by atoms with E-state index in [1.54, 1.807) is 41.1 Å². The van der Waals surface area contributed by atoms with Gasteiger partial charge in [-0.05, 0) is 56.2 Å². The molecule has 0 spiro atoms. The van der Waals surface area contributed by atoms with Crippen molar-refractivity contribution in [2.45, 2.75) is 26.2 Å². The summed E-state index contributed by atoms with van der Waals surface area (Å²) < 4.78 is 1.72. The van der Waals surface area contributed by atoms with E-state index in [2.05, 4.69) is 10.5 Å². The van der Waals surface area contributed by atoms with Crippen molar-refractivity contribution in [3.8, 4) is 16.9 Å². The van der Waals surface area contributed by atoms with E-state index in [1.165, 1.54) is 6.42 Å². The Morgan fingerprint density at radius 1 is 1.00 bits per heavy atom. The smallest absolute Gasteiger partial charge is 0.286 e. The number of hydrogen-bond acceptors (Lipinski definition) is 4. The highest BCUT2D eigenvalue weighted by Gasteiger charge is 2.24. The molecule has 8 heteroatoms. The number of benzene rings is 2. The van der Waals surface area contributed by atoms with E-state index in [1.807, 2.05) is 24.1 Å². The molecular formula is C23H24ClN5O2. The highest BCUT2D eigenvalue weighted by molar-refractivity contribution is 6.30. The first kappa shape index (κ1) is 21.1. The second kappa shape index (κ2) is 8.91. The van der Waals surface area contributed by atoms with Crippen LogP contribution in [0.4, 0.5) is 0 Å². The first-order chi connectivity index (χ1) is 14.9. The third-order valence-corrected chi connectivity index (χ3v) is 5.72. The van der Waals surface area contributed by atoms with Gasteiger partial charge in [0.1, 0.15) is 0 Å². The zero-order valence-electron chi connectivity index (χ0n) is 17.3. The van der Waals surface area contributed by atoms with Crippen molar-refractivity contribution in [1.82, 2.24) is 20.2 Å². The van der Waals surface area contributed by atoms with Gasteiger partial charge in [-0.2, -0.15) is 5.10 Å². The number of nitrogens with one attached hydrogen (secondary N) is 1. The van der Waals surface area contributed by atoms with Gasteiger partial charge in [-0.3, -0.25) is 15.0 Å². The fourth-order valence-corrected chi connectivity index (χ4v) is 3.94. The zero-order chi connectivity index (χ0) is 22.0. The fourth-order valence-electron chi connectivity index (χ4n) is 3.81. The normalized spacial score (nSPS) is 14.4. The van der Waals surface area contributed by atoms with Crippen LogP contribution in [0.25, 0.3) is 16.9 Å². The second-order valence-electron chi connectivity index (χ2n) is 7.64. The van der Waals surface area contributed by atoms with Gasteiger partial charge in [-0.15, -0.1) is 0 Å². The molecule has 3 aromatic rings. The number of carbonyl (C=O) groups is 2. The van der Waals surface area contributed by atoms with Crippen LogP contribution in [0.15, 0.2) is 48.5 Å². The van der Waals surface area contributed by atoms with Crippen LogP contribution in [0.5, 0.6) is 0 Å². The van der Waals surface area contributed by atoms with Gasteiger partial charge < -0.3 is 5.73 Å². The summed E-state index contributed by atoms with van der Waals surface area (Å²) in [6.45, 7) is 3.56. The molecule has 7 nitrogen and oxygen atoms in total. The molecule has 3 N–H and O–H groups in total. The number of hydrazine groups is 1. The molecule has 0 unspecified atom stereocenters. The molecule has 2 amide bonds. The third-order valence-electron chi connectivity index (χ3n) is 5.47. The lowest BCUT2D eigenvalue weighted by atomic mass is 10.1. The maximum absolute atomic E-state index is 13.0. The number of piperidine rings is 1. The van der Waals surface area contributed by atoms with Crippen molar-refractivity contribution in [3.05, 3.63) is 70.4 Å². The van der Waals surface area contributed by atoms with Crippen LogP contribution >= 0.6 is 11.6 Å². The summed E-state index contributed by atoms with van der Waals surface area (Å²) in [5.41, 5.74) is 12.3. The van der Waals surface area contributed by atoms with Gasteiger partial charge in [0, 0.05) is 34.8 Å². The first-order valence-corrected chi connectivity index (χ1v) is 10.6. The maximum Gasteiger partial charge on any atom is 0.286 e. The van der Waals surface area contributed by atoms with Crippen LogP contribution in [-0.2, 0) is 0 Å². The van der Waals surface area contributed by atoms with E-state index < -0.39 is 5.91 Å². The summed E-state index contributed by atoms with van der Waals surface area (Å²) in [6, 6.07) is 14.2. The summed E-state index contributed by atoms with van der Waals surface area (Å²) in [5.74, 6) is -0.732. The fraction of sp³-hybridized carbons (Fsp3) is 0.261. The minimum atomic E-state index is -0.497. The molecule has 1 aliphatic heterocycles. The Balaban J connectivity index is 1.76. The van der Waals surface area contributed by atoms with E-state index in [0.717, 1.165) is 48.4 Å². The van der Waals surface area contributed by atoms with Crippen molar-refractivity contribution in [2.24, 2.45) is 5.73 Å². The van der Waals surface area contributed by atoms with E-state index in [0.29, 0.717) is 16.3 Å². The molecule has 1 fully saturated rings. The average molecular weight is 438 g/mol. The SMILES string of the molecule is Cc1c(C(=O)NN2CCCCC2)nn(-c2ccc(C(N)=O)cc2)c1-c1ccc(Cl)cc1. The monoisotopic (exact) mass is 437 g/mol. The van der Waals surface area contributed by atoms with Gasteiger partial charge in [-0.25, -0.2) is 9.69 Å². The van der Waals surface area contributed by atoms with Crippen LogP contribution in [0, 0.1) is 6.92 Å². The molecule has 31 heavy (non-hydrogen) atoms. The molecule has 0 aliphatic carbocycles. The summed E-state index contributed by atoms with van der Waals surface area (Å²) in [5, 5.41) is 7.23. The number of halogens is 1. The molecular weight excluding hydrogens is 414 g/mol. The van der Waals surface area contributed by atoms with Gasteiger partial charge in [-0.1, -0.05) is 30.2 Å². The minimum absolute atomic E-state index is 0.234. The highest BCUT2D eigenvalue weighted by Crippen LogP contribution is 2.30. The Labute approximate surface area is 185 Å². The molecule has 0 saturated carbocycles. The van der Waals surface area contributed by atoms with E-state index >= 15 is 0 Å². The molecule has 1 aromatic heterocycles. The molecule has 2 heterocycles. The molecule has 2 aromatic carbocycles. The number of hydrogen-bond donors (Lipinski definition) is 2. The van der Waals surface area contributed by atoms with Gasteiger partial charge in [0.05, 0.1) is 11.4 Å². The van der Waals surface area contributed by atoms with E-state index in [4.69, 9.17) is 17.3 Å². The van der Waals surface area contributed by atoms with Crippen molar-refractivity contribution in [3.63, 3.8) is 0 Å². The van der Waals surface area contributed by atoms with Crippen molar-refractivity contribution in [1.29, 1.82) is 0 Å². The number of amides is 2. The topological polar surface area (TPSA) is 93.2 Å². The Bertz CT molecular complexity index is 1100. The van der Waals surface area contributed by atoms with E-state index in [-0.39, 0.29) is 5.91 Å². The Morgan fingerprint density at radius 3 is 2.26 bits per heavy atom. The van der Waals surface area contributed by atoms with Crippen LogP contribution in [0.1, 0.15) is 45.7 Å². The molecule has 4 rings (SSSR count). The van der Waals surface area contributed by atoms with Crippen LogP contribution in [0.2, 0.25) is 5.02 Å². The third kappa shape index (κ3) is 4.47. The van der Waals surface area contributed by atoms with Crippen LogP contribution in [0.3, 0.4) is 0 Å². The lowest BCUT2D eigenvalue weighted by Gasteiger charge is -2.26. The number of aromatic nitrogens is 2. The Morgan fingerprint density at radius 2 is 1.65 bits per heavy atom. The number of primary amides is 1. The predicted molar refractivity (Wildman–Crippen MR) is 120 cm³/mol. The Kier molecular flexibility index (Phi) is 6.06. The summed E-state index contributed by atoms with van der Waals surface area (Å²) in [4.78, 5) is 24.5. The number of nitrogens with zero attached hydrogens (tertiary/aromatic N) is 3. The Hall–Kier alpha value is -3.16. The molecule has 1 aliphatic rings. The highest BCUT2D eigenvalue weighted by atomic mass is 35.5. The molecule has 0 bridgehead atoms. The minimum Gasteiger partial charge on any atom is -0.366 e. The van der Waals surface area contributed by atoms with Crippen LogP contribution < -0.4 is 11.2 Å². The van der Waals surface area contributed by atoms with Crippen molar-refractivity contribution >= 4 is 23.4 Å². The second-order valence-corrected chi connectivity index (χ2v) is 8.08. The van der Waals surface area contributed by atoms with E-state index in [9.17, 15) is 9.59 Å². The van der Waals surface area contributed by atoms with Crippen LogP contribution in [-0.4, -0.2) is 39.7 Å². The van der Waals surface area contributed by atoms with Gasteiger partial charge in [0.2, 0.25) is 5.91 Å². The van der Waals surface area contributed by atoms with Crippen molar-refractivity contribution < 1.29 is 9.59 Å². The van der Waals surface area contributed by atoms with Gasteiger partial charge >= 0.3 is 0 Å². The largest absolute Gasteiger partial charge is 0.366 e. The molecule has 160 valence electrons.